The Morgan fingerprint density at radius 3 is 2.86 bits per heavy atom. The van der Waals surface area contributed by atoms with Gasteiger partial charge in [-0.25, -0.2) is 0 Å². The van der Waals surface area contributed by atoms with E-state index < -0.39 is 0 Å². The second kappa shape index (κ2) is 4.60. The van der Waals surface area contributed by atoms with Gasteiger partial charge >= 0.3 is 0 Å². The van der Waals surface area contributed by atoms with Crippen LogP contribution in [0.2, 0.25) is 0 Å². The van der Waals surface area contributed by atoms with Crippen LogP contribution < -0.4 is 10.6 Å². The van der Waals surface area contributed by atoms with E-state index in [9.17, 15) is 4.79 Å². The zero-order valence-electron chi connectivity index (χ0n) is 8.46. The minimum Gasteiger partial charge on any atom is -0.356 e. The first kappa shape index (κ1) is 9.71. The first-order valence-corrected chi connectivity index (χ1v) is 5.52. The van der Waals surface area contributed by atoms with Crippen LogP contribution in [0.15, 0.2) is 12.2 Å². The topological polar surface area (TPSA) is 41.1 Å². The first-order chi connectivity index (χ1) is 6.84. The van der Waals surface area contributed by atoms with E-state index in [2.05, 4.69) is 22.8 Å². The van der Waals surface area contributed by atoms with Gasteiger partial charge in [0, 0.05) is 25.0 Å². The van der Waals surface area contributed by atoms with E-state index in [0.717, 1.165) is 32.2 Å². The second-order valence-corrected chi connectivity index (χ2v) is 4.20. The number of hydrogen-bond donors (Lipinski definition) is 2. The molecule has 3 heteroatoms. The zero-order valence-corrected chi connectivity index (χ0v) is 8.46. The molecule has 1 atom stereocenters. The van der Waals surface area contributed by atoms with Gasteiger partial charge in [-0.1, -0.05) is 12.2 Å². The van der Waals surface area contributed by atoms with Crippen LogP contribution in [0.3, 0.4) is 0 Å². The molecule has 0 aromatic rings. The van der Waals surface area contributed by atoms with Crippen molar-refractivity contribution in [3.63, 3.8) is 0 Å². The van der Waals surface area contributed by atoms with Crippen molar-refractivity contribution in [2.24, 2.45) is 0 Å². The molecule has 0 radical (unpaired) electrons. The average molecular weight is 194 g/mol. The molecule has 1 saturated heterocycles. The number of carbonyl (C=O) groups excluding carboxylic acids is 1. The first-order valence-electron chi connectivity index (χ1n) is 5.52. The Kier molecular flexibility index (Phi) is 3.19. The maximum atomic E-state index is 11.3. The van der Waals surface area contributed by atoms with Crippen LogP contribution in [0.4, 0.5) is 0 Å². The summed E-state index contributed by atoms with van der Waals surface area (Å²) in [5.74, 6) is 0.200. The molecule has 78 valence electrons. The summed E-state index contributed by atoms with van der Waals surface area (Å²) < 4.78 is 0. The Morgan fingerprint density at radius 1 is 1.29 bits per heavy atom. The number of amides is 1. The minimum absolute atomic E-state index is 0.200. The van der Waals surface area contributed by atoms with E-state index in [4.69, 9.17) is 0 Å². The van der Waals surface area contributed by atoms with Crippen molar-refractivity contribution in [2.45, 2.75) is 44.2 Å². The van der Waals surface area contributed by atoms with Gasteiger partial charge in [-0.3, -0.25) is 4.79 Å². The predicted molar refractivity (Wildman–Crippen MR) is 55.9 cm³/mol. The molecule has 2 rings (SSSR count). The molecule has 0 saturated carbocycles. The van der Waals surface area contributed by atoms with Crippen LogP contribution in [0, 0.1) is 0 Å². The van der Waals surface area contributed by atoms with Gasteiger partial charge in [0.05, 0.1) is 0 Å². The molecular weight excluding hydrogens is 176 g/mol. The second-order valence-electron chi connectivity index (χ2n) is 4.20. The summed E-state index contributed by atoms with van der Waals surface area (Å²) in [7, 11) is 0. The number of rotatable bonds is 2. The smallest absolute Gasteiger partial charge is 0.221 e. The highest BCUT2D eigenvalue weighted by atomic mass is 16.1. The van der Waals surface area contributed by atoms with Crippen LogP contribution in [-0.2, 0) is 4.79 Å². The van der Waals surface area contributed by atoms with Crippen molar-refractivity contribution < 1.29 is 4.79 Å². The highest BCUT2D eigenvalue weighted by Crippen LogP contribution is 2.13. The summed E-state index contributed by atoms with van der Waals surface area (Å²) in [5, 5.41) is 6.47. The summed E-state index contributed by atoms with van der Waals surface area (Å²) in [6, 6.07) is 0.966. The lowest BCUT2D eigenvalue weighted by molar-refractivity contribution is -0.121. The molecule has 0 spiro atoms. The molecule has 0 aromatic heterocycles. The van der Waals surface area contributed by atoms with Crippen molar-refractivity contribution in [1.82, 2.24) is 10.6 Å². The summed E-state index contributed by atoms with van der Waals surface area (Å²) >= 11 is 0. The van der Waals surface area contributed by atoms with E-state index in [0.29, 0.717) is 18.5 Å². The Balaban J connectivity index is 1.80. The van der Waals surface area contributed by atoms with Crippen LogP contribution in [-0.4, -0.2) is 24.5 Å². The van der Waals surface area contributed by atoms with E-state index in [1.165, 1.54) is 0 Å². The van der Waals surface area contributed by atoms with Crippen molar-refractivity contribution in [3.8, 4) is 0 Å². The molecule has 1 aliphatic heterocycles. The fraction of sp³-hybridized carbons (Fsp3) is 0.727. The number of carbonyl (C=O) groups is 1. The maximum absolute atomic E-state index is 11.3. The van der Waals surface area contributed by atoms with Gasteiger partial charge < -0.3 is 10.6 Å². The lowest BCUT2D eigenvalue weighted by atomic mass is 10.1. The van der Waals surface area contributed by atoms with Gasteiger partial charge in [-0.2, -0.15) is 0 Å². The minimum atomic E-state index is 0.200. The molecule has 1 fully saturated rings. The average Bonchev–Trinajstić information content (AvgIpc) is 2.56. The normalized spacial score (nSPS) is 28.9. The standard InChI is InChI=1S/C11H18N2O/c14-11-8-10(6-3-7-12-11)13-9-4-1-2-5-9/h1-2,9-10,13H,3-8H2,(H,12,14). The van der Waals surface area contributed by atoms with Crippen LogP contribution in [0.25, 0.3) is 0 Å². The zero-order chi connectivity index (χ0) is 9.80. The van der Waals surface area contributed by atoms with Crippen molar-refractivity contribution >= 4 is 5.91 Å². The summed E-state index contributed by atoms with van der Waals surface area (Å²) in [6.07, 6.45) is 9.55. The van der Waals surface area contributed by atoms with Crippen LogP contribution in [0.1, 0.15) is 32.1 Å². The monoisotopic (exact) mass is 194 g/mol. The van der Waals surface area contributed by atoms with E-state index in [-0.39, 0.29) is 5.91 Å². The fourth-order valence-electron chi connectivity index (χ4n) is 2.20. The summed E-state index contributed by atoms with van der Waals surface area (Å²) in [6.45, 7) is 0.847. The van der Waals surface area contributed by atoms with Gasteiger partial charge in [-0.15, -0.1) is 0 Å². The van der Waals surface area contributed by atoms with Crippen LogP contribution >= 0.6 is 0 Å². The van der Waals surface area contributed by atoms with Gasteiger partial charge in [0.25, 0.3) is 0 Å². The molecule has 1 unspecified atom stereocenters. The number of hydrogen-bond acceptors (Lipinski definition) is 2. The van der Waals surface area contributed by atoms with Gasteiger partial charge in [-0.05, 0) is 25.7 Å². The van der Waals surface area contributed by atoms with Crippen molar-refractivity contribution in [1.29, 1.82) is 0 Å². The predicted octanol–water partition coefficient (Wildman–Crippen LogP) is 0.963. The maximum Gasteiger partial charge on any atom is 0.221 e. The lowest BCUT2D eigenvalue weighted by Crippen LogP contribution is -2.38. The largest absolute Gasteiger partial charge is 0.356 e. The number of nitrogens with one attached hydrogen (secondary N) is 2. The molecule has 1 heterocycles. The molecule has 1 amide bonds. The molecule has 2 aliphatic rings. The van der Waals surface area contributed by atoms with Gasteiger partial charge in [0.15, 0.2) is 0 Å². The third-order valence-electron chi connectivity index (χ3n) is 2.96. The summed E-state index contributed by atoms with van der Waals surface area (Å²) in [4.78, 5) is 11.3. The fourth-order valence-corrected chi connectivity index (χ4v) is 2.20. The SMILES string of the molecule is O=C1CC(NC2CC=CC2)CCCN1. The molecule has 0 bridgehead atoms. The van der Waals surface area contributed by atoms with E-state index in [1.54, 1.807) is 0 Å². The third-order valence-corrected chi connectivity index (χ3v) is 2.96. The molecular formula is C11H18N2O. The molecule has 14 heavy (non-hydrogen) atoms. The van der Waals surface area contributed by atoms with Crippen molar-refractivity contribution in [3.05, 3.63) is 12.2 Å². The Bertz CT molecular complexity index is 229. The summed E-state index contributed by atoms with van der Waals surface area (Å²) in [5.41, 5.74) is 0. The Hall–Kier alpha value is -0.830. The lowest BCUT2D eigenvalue weighted by Gasteiger charge is -2.20. The highest BCUT2D eigenvalue weighted by molar-refractivity contribution is 5.76. The highest BCUT2D eigenvalue weighted by Gasteiger charge is 2.20. The third kappa shape index (κ3) is 2.58. The molecule has 0 aromatic carbocycles. The van der Waals surface area contributed by atoms with E-state index in [1.807, 2.05) is 0 Å². The van der Waals surface area contributed by atoms with Crippen molar-refractivity contribution in [2.75, 3.05) is 6.54 Å². The molecule has 2 N–H and O–H groups in total. The van der Waals surface area contributed by atoms with Crippen LogP contribution in [0.5, 0.6) is 0 Å². The quantitative estimate of drug-likeness (QED) is 0.643. The Morgan fingerprint density at radius 2 is 2.07 bits per heavy atom. The molecule has 1 aliphatic carbocycles. The van der Waals surface area contributed by atoms with Gasteiger partial charge in [0.1, 0.15) is 0 Å². The Labute approximate surface area is 84.9 Å². The van der Waals surface area contributed by atoms with E-state index >= 15 is 0 Å². The van der Waals surface area contributed by atoms with Gasteiger partial charge in [0.2, 0.25) is 5.91 Å². The molecule has 3 nitrogen and oxygen atoms in total.